The molecule has 3 rings (SSSR count). The molecule has 0 aliphatic carbocycles. The fourth-order valence-corrected chi connectivity index (χ4v) is 4.69. The summed E-state index contributed by atoms with van der Waals surface area (Å²) < 4.78 is 33.6. The van der Waals surface area contributed by atoms with Crippen LogP contribution in [0.15, 0.2) is 71.6 Å². The molecule has 8 heteroatoms. The Kier molecular flexibility index (Phi) is 6.87. The topological polar surface area (TPSA) is 84.5 Å². The maximum absolute atomic E-state index is 13.0. The summed E-state index contributed by atoms with van der Waals surface area (Å²) in [6.07, 6.45) is 0. The number of ether oxygens (including phenoxy) is 1. The lowest BCUT2D eigenvalue weighted by molar-refractivity contribution is 0.102. The van der Waals surface area contributed by atoms with E-state index in [9.17, 15) is 13.2 Å². The molecule has 6 nitrogen and oxygen atoms in total. The Morgan fingerprint density at radius 1 is 0.968 bits per heavy atom. The number of carbonyl (C=O) groups is 1. The van der Waals surface area contributed by atoms with Gasteiger partial charge in [0.1, 0.15) is 10.6 Å². The molecule has 0 aromatic heterocycles. The van der Waals surface area contributed by atoms with Crippen molar-refractivity contribution in [2.45, 2.75) is 24.7 Å². The smallest absolute Gasteiger partial charge is 0.263 e. The number of amides is 1. The molecule has 31 heavy (non-hydrogen) atoms. The predicted molar refractivity (Wildman–Crippen MR) is 124 cm³/mol. The van der Waals surface area contributed by atoms with Gasteiger partial charge in [0.05, 0.1) is 17.8 Å². The first-order valence-electron chi connectivity index (χ1n) is 9.58. The minimum Gasteiger partial charge on any atom is -0.495 e. The molecular weight excluding hydrogens is 436 g/mol. The van der Waals surface area contributed by atoms with Crippen LogP contribution in [0.25, 0.3) is 0 Å². The Hall–Kier alpha value is -3.03. The molecule has 1 amide bonds. The number of halogens is 1. The van der Waals surface area contributed by atoms with Gasteiger partial charge in [0.2, 0.25) is 0 Å². The van der Waals surface area contributed by atoms with Gasteiger partial charge in [0, 0.05) is 11.3 Å². The van der Waals surface area contributed by atoms with Gasteiger partial charge in [-0.2, -0.15) is 0 Å². The molecule has 0 bridgehead atoms. The highest BCUT2D eigenvalue weighted by molar-refractivity contribution is 7.92. The molecular formula is C23H23ClN2O4S. The number of carbonyl (C=O) groups excluding carboxylic acids is 1. The Morgan fingerprint density at radius 2 is 1.61 bits per heavy atom. The summed E-state index contributed by atoms with van der Waals surface area (Å²) in [5.41, 5.74) is 2.09. The maximum atomic E-state index is 13.0. The van der Waals surface area contributed by atoms with Gasteiger partial charge in [-0.05, 0) is 47.9 Å². The normalized spacial score (nSPS) is 11.3. The second kappa shape index (κ2) is 9.41. The van der Waals surface area contributed by atoms with E-state index in [-0.39, 0.29) is 27.1 Å². The summed E-state index contributed by atoms with van der Waals surface area (Å²) in [6.45, 7) is 4.06. The zero-order chi connectivity index (χ0) is 22.6. The fraction of sp³-hybridized carbons (Fsp3) is 0.174. The van der Waals surface area contributed by atoms with E-state index >= 15 is 0 Å². The van der Waals surface area contributed by atoms with Crippen molar-refractivity contribution in [2.24, 2.45) is 0 Å². The van der Waals surface area contributed by atoms with Crippen molar-refractivity contribution in [3.63, 3.8) is 0 Å². The maximum Gasteiger partial charge on any atom is 0.263 e. The summed E-state index contributed by atoms with van der Waals surface area (Å²) in [6, 6.07) is 18.2. The number of benzene rings is 3. The monoisotopic (exact) mass is 458 g/mol. The third-order valence-corrected chi connectivity index (χ3v) is 6.51. The van der Waals surface area contributed by atoms with Crippen molar-refractivity contribution in [1.82, 2.24) is 0 Å². The first-order chi connectivity index (χ1) is 14.7. The number of methoxy groups -OCH3 is 1. The summed E-state index contributed by atoms with van der Waals surface area (Å²) in [5.74, 6) is 0.141. The summed E-state index contributed by atoms with van der Waals surface area (Å²) in [5, 5.41) is 2.86. The predicted octanol–water partition coefficient (Wildman–Crippen LogP) is 5.53. The molecule has 0 fully saturated rings. The van der Waals surface area contributed by atoms with Gasteiger partial charge in [0.25, 0.3) is 15.9 Å². The van der Waals surface area contributed by atoms with Crippen LogP contribution in [0.5, 0.6) is 5.75 Å². The number of hydrogen-bond acceptors (Lipinski definition) is 4. The number of hydrogen-bond donors (Lipinski definition) is 2. The zero-order valence-corrected chi connectivity index (χ0v) is 18.9. The van der Waals surface area contributed by atoms with Crippen LogP contribution in [0.3, 0.4) is 0 Å². The number of para-hydroxylation sites is 3. The molecule has 3 aromatic carbocycles. The molecule has 2 N–H and O–H groups in total. The Labute approximate surface area is 187 Å². The zero-order valence-electron chi connectivity index (χ0n) is 17.3. The Balaban J connectivity index is 1.92. The lowest BCUT2D eigenvalue weighted by Gasteiger charge is -2.15. The van der Waals surface area contributed by atoms with E-state index in [1.165, 1.54) is 25.3 Å². The quantitative estimate of drug-likeness (QED) is 0.487. The minimum absolute atomic E-state index is 0.00142. The van der Waals surface area contributed by atoms with Crippen LogP contribution in [0.2, 0.25) is 5.02 Å². The minimum atomic E-state index is -4.07. The van der Waals surface area contributed by atoms with E-state index in [0.29, 0.717) is 11.4 Å². The highest BCUT2D eigenvalue weighted by Crippen LogP contribution is 2.30. The molecule has 0 spiro atoms. The van der Waals surface area contributed by atoms with E-state index in [1.54, 1.807) is 24.3 Å². The van der Waals surface area contributed by atoms with E-state index in [4.69, 9.17) is 16.3 Å². The van der Waals surface area contributed by atoms with Crippen LogP contribution in [0.4, 0.5) is 11.4 Å². The second-order valence-corrected chi connectivity index (χ2v) is 9.21. The molecule has 0 saturated carbocycles. The van der Waals surface area contributed by atoms with Crippen molar-refractivity contribution in [3.8, 4) is 5.75 Å². The van der Waals surface area contributed by atoms with E-state index in [1.807, 2.05) is 38.1 Å². The van der Waals surface area contributed by atoms with Gasteiger partial charge in [-0.15, -0.1) is 0 Å². The SMILES string of the molecule is COc1ccccc1NS(=O)(=O)c1cc(C(=O)Nc2ccccc2C(C)C)ccc1Cl. The molecule has 0 heterocycles. The van der Waals surface area contributed by atoms with Gasteiger partial charge in [-0.25, -0.2) is 8.42 Å². The third-order valence-electron chi connectivity index (χ3n) is 4.67. The molecule has 0 unspecified atom stereocenters. The van der Waals surface area contributed by atoms with Crippen LogP contribution in [-0.2, 0) is 10.0 Å². The number of rotatable bonds is 7. The standard InChI is InChI=1S/C23H23ClN2O4S/c1-15(2)17-8-4-5-9-19(17)25-23(27)16-12-13-18(24)22(14-16)31(28,29)26-20-10-6-7-11-21(20)30-3/h4-15,26H,1-3H3,(H,25,27). The van der Waals surface area contributed by atoms with Crippen molar-refractivity contribution in [3.05, 3.63) is 82.9 Å². The Morgan fingerprint density at radius 3 is 2.29 bits per heavy atom. The lowest BCUT2D eigenvalue weighted by Crippen LogP contribution is -2.17. The molecule has 0 aliphatic heterocycles. The number of sulfonamides is 1. The summed E-state index contributed by atoms with van der Waals surface area (Å²) in [7, 11) is -2.62. The van der Waals surface area contributed by atoms with Crippen molar-refractivity contribution >= 4 is 38.9 Å². The van der Waals surface area contributed by atoms with Crippen molar-refractivity contribution in [1.29, 1.82) is 0 Å². The molecule has 0 aliphatic rings. The number of anilines is 2. The van der Waals surface area contributed by atoms with E-state index < -0.39 is 15.9 Å². The molecule has 162 valence electrons. The largest absolute Gasteiger partial charge is 0.495 e. The van der Waals surface area contributed by atoms with Crippen LogP contribution in [0.1, 0.15) is 35.7 Å². The van der Waals surface area contributed by atoms with Gasteiger partial charge in [-0.1, -0.05) is 55.8 Å². The van der Waals surface area contributed by atoms with Crippen LogP contribution < -0.4 is 14.8 Å². The molecule has 0 saturated heterocycles. The first-order valence-corrected chi connectivity index (χ1v) is 11.4. The van der Waals surface area contributed by atoms with Crippen LogP contribution >= 0.6 is 11.6 Å². The van der Waals surface area contributed by atoms with Gasteiger partial charge in [-0.3, -0.25) is 9.52 Å². The van der Waals surface area contributed by atoms with Crippen molar-refractivity contribution in [2.75, 3.05) is 17.1 Å². The molecule has 3 aromatic rings. The van der Waals surface area contributed by atoms with Crippen molar-refractivity contribution < 1.29 is 17.9 Å². The van der Waals surface area contributed by atoms with E-state index in [2.05, 4.69) is 10.0 Å². The summed E-state index contributed by atoms with van der Waals surface area (Å²) >= 11 is 6.17. The van der Waals surface area contributed by atoms with Crippen LogP contribution in [0, 0.1) is 0 Å². The fourth-order valence-electron chi connectivity index (χ4n) is 3.09. The van der Waals surface area contributed by atoms with Gasteiger partial charge >= 0.3 is 0 Å². The van der Waals surface area contributed by atoms with Gasteiger partial charge in [0.15, 0.2) is 0 Å². The first kappa shape index (κ1) is 22.7. The number of nitrogens with one attached hydrogen (secondary N) is 2. The van der Waals surface area contributed by atoms with Gasteiger partial charge < -0.3 is 10.1 Å². The molecule has 0 radical (unpaired) electrons. The summed E-state index contributed by atoms with van der Waals surface area (Å²) in [4.78, 5) is 12.6. The highest BCUT2D eigenvalue weighted by Gasteiger charge is 2.22. The Bertz CT molecular complexity index is 1210. The second-order valence-electron chi connectivity index (χ2n) is 7.15. The van der Waals surface area contributed by atoms with E-state index in [0.717, 1.165) is 5.56 Å². The van der Waals surface area contributed by atoms with Crippen LogP contribution in [-0.4, -0.2) is 21.4 Å². The third kappa shape index (κ3) is 5.18. The average Bonchev–Trinajstić information content (AvgIpc) is 2.74. The molecule has 0 atom stereocenters. The average molecular weight is 459 g/mol. The highest BCUT2D eigenvalue weighted by atomic mass is 35.5. The lowest BCUT2D eigenvalue weighted by atomic mass is 10.0.